The van der Waals surface area contributed by atoms with Crippen LogP contribution in [0.1, 0.15) is 54.8 Å². The van der Waals surface area contributed by atoms with Crippen LogP contribution in [0.25, 0.3) is 0 Å². The quantitative estimate of drug-likeness (QED) is 0.624. The molecule has 2 amide bonds. The summed E-state index contributed by atoms with van der Waals surface area (Å²) < 4.78 is 0. The number of fused-ring (bicyclic) bond motifs is 1. The largest absolute Gasteiger partial charge is 0.387 e. The SMILES string of the molecule is CC(C)(C)c1ccccc1N1C(=O)C[C@]2(C(=O)c3ccccc3[C@@H]2O)C1=O. The smallest absolute Gasteiger partial charge is 0.251 e. The van der Waals surface area contributed by atoms with Crippen molar-refractivity contribution < 1.29 is 19.5 Å². The predicted octanol–water partition coefficient (Wildman–Crippen LogP) is 3.16. The summed E-state index contributed by atoms with van der Waals surface area (Å²) in [5.41, 5.74) is -0.0133. The molecule has 0 aromatic heterocycles. The predicted molar refractivity (Wildman–Crippen MR) is 100 cm³/mol. The highest BCUT2D eigenvalue weighted by Gasteiger charge is 2.65. The van der Waals surface area contributed by atoms with Gasteiger partial charge in [0, 0.05) is 5.56 Å². The molecule has 1 fully saturated rings. The van der Waals surface area contributed by atoms with Crippen LogP contribution < -0.4 is 4.90 Å². The number of carbonyl (C=O) groups excluding carboxylic acids is 3. The molecule has 0 saturated carbocycles. The molecular formula is C22H21NO4. The first-order valence-electron chi connectivity index (χ1n) is 8.98. The molecular weight excluding hydrogens is 342 g/mol. The number of amides is 2. The number of Topliss-reactive ketones (excluding diaryl/α,β-unsaturated/α-hetero) is 1. The van der Waals surface area contributed by atoms with E-state index in [1.165, 1.54) is 0 Å². The fraction of sp³-hybridized carbons (Fsp3) is 0.318. The van der Waals surface area contributed by atoms with Crippen molar-refractivity contribution in [1.29, 1.82) is 0 Å². The third-order valence-electron chi connectivity index (χ3n) is 5.59. The average Bonchev–Trinajstić information content (AvgIpc) is 3.02. The maximum atomic E-state index is 13.4. The maximum absolute atomic E-state index is 13.4. The van der Waals surface area contributed by atoms with Crippen LogP contribution in [0.2, 0.25) is 0 Å². The van der Waals surface area contributed by atoms with Gasteiger partial charge >= 0.3 is 0 Å². The van der Waals surface area contributed by atoms with Crippen LogP contribution in [0.3, 0.4) is 0 Å². The minimum Gasteiger partial charge on any atom is -0.387 e. The van der Waals surface area contributed by atoms with Crippen molar-refractivity contribution in [2.75, 3.05) is 4.90 Å². The molecule has 5 heteroatoms. The van der Waals surface area contributed by atoms with Crippen LogP contribution in [-0.4, -0.2) is 22.7 Å². The Kier molecular flexibility index (Phi) is 3.65. The molecule has 0 bridgehead atoms. The first-order chi connectivity index (χ1) is 12.7. The highest BCUT2D eigenvalue weighted by Crippen LogP contribution is 2.53. The van der Waals surface area contributed by atoms with Gasteiger partial charge in [0.25, 0.3) is 5.91 Å². The van der Waals surface area contributed by atoms with Crippen molar-refractivity contribution in [3.63, 3.8) is 0 Å². The number of imide groups is 1. The number of nitrogens with zero attached hydrogens (tertiary/aromatic N) is 1. The second-order valence-electron chi connectivity index (χ2n) is 8.27. The summed E-state index contributed by atoms with van der Waals surface area (Å²) in [6, 6.07) is 13.8. The number of ketones is 1. The fourth-order valence-corrected chi connectivity index (χ4v) is 4.22. The van der Waals surface area contributed by atoms with Gasteiger partial charge in [-0.15, -0.1) is 0 Å². The van der Waals surface area contributed by atoms with E-state index in [1.807, 2.05) is 32.9 Å². The van der Waals surface area contributed by atoms with Gasteiger partial charge in [0.1, 0.15) is 6.10 Å². The van der Waals surface area contributed by atoms with Crippen molar-refractivity contribution in [3.8, 4) is 0 Å². The lowest BCUT2D eigenvalue weighted by Gasteiger charge is -2.28. The van der Waals surface area contributed by atoms with Crippen molar-refractivity contribution in [3.05, 3.63) is 65.2 Å². The minimum absolute atomic E-state index is 0.297. The van der Waals surface area contributed by atoms with Crippen LogP contribution in [-0.2, 0) is 15.0 Å². The number of benzene rings is 2. The summed E-state index contributed by atoms with van der Waals surface area (Å²) in [4.78, 5) is 40.5. The maximum Gasteiger partial charge on any atom is 0.251 e. The molecule has 1 aliphatic heterocycles. The number of hydrogen-bond donors (Lipinski definition) is 1. The first kappa shape index (κ1) is 17.6. The van der Waals surface area contributed by atoms with Crippen LogP contribution in [0.4, 0.5) is 5.69 Å². The Morgan fingerprint density at radius 1 is 1.00 bits per heavy atom. The van der Waals surface area contributed by atoms with Crippen molar-refractivity contribution in [1.82, 2.24) is 0 Å². The lowest BCUT2D eigenvalue weighted by molar-refractivity contribution is -0.127. The van der Waals surface area contributed by atoms with Crippen LogP contribution in [0.5, 0.6) is 0 Å². The molecule has 0 radical (unpaired) electrons. The molecule has 1 N–H and O–H groups in total. The molecule has 0 unspecified atom stereocenters. The zero-order valence-corrected chi connectivity index (χ0v) is 15.5. The molecule has 138 valence electrons. The normalized spacial score (nSPS) is 24.8. The van der Waals surface area contributed by atoms with E-state index in [0.29, 0.717) is 16.8 Å². The Labute approximate surface area is 157 Å². The zero-order valence-electron chi connectivity index (χ0n) is 15.5. The number of anilines is 1. The lowest BCUT2D eigenvalue weighted by atomic mass is 9.79. The van der Waals surface area contributed by atoms with Gasteiger partial charge in [-0.25, -0.2) is 4.90 Å². The Hall–Kier alpha value is -2.79. The molecule has 1 saturated heterocycles. The van der Waals surface area contributed by atoms with Gasteiger partial charge in [0.15, 0.2) is 11.2 Å². The number of para-hydroxylation sites is 1. The Morgan fingerprint density at radius 2 is 1.63 bits per heavy atom. The van der Waals surface area contributed by atoms with Gasteiger partial charge in [0.05, 0.1) is 12.1 Å². The first-order valence-corrected chi connectivity index (χ1v) is 8.98. The van der Waals surface area contributed by atoms with Gasteiger partial charge in [-0.3, -0.25) is 14.4 Å². The molecule has 5 nitrogen and oxygen atoms in total. The molecule has 4 rings (SSSR count). The number of aliphatic hydroxyl groups excluding tert-OH is 1. The molecule has 27 heavy (non-hydrogen) atoms. The average molecular weight is 363 g/mol. The summed E-state index contributed by atoms with van der Waals surface area (Å²) in [7, 11) is 0. The summed E-state index contributed by atoms with van der Waals surface area (Å²) in [6.45, 7) is 5.99. The zero-order chi connectivity index (χ0) is 19.6. The van der Waals surface area contributed by atoms with Crippen molar-refractivity contribution in [2.45, 2.75) is 38.7 Å². The van der Waals surface area contributed by atoms with Crippen LogP contribution in [0.15, 0.2) is 48.5 Å². The fourth-order valence-electron chi connectivity index (χ4n) is 4.22. The molecule has 1 heterocycles. The van der Waals surface area contributed by atoms with E-state index in [9.17, 15) is 19.5 Å². The van der Waals surface area contributed by atoms with Crippen molar-refractivity contribution in [2.24, 2.45) is 5.41 Å². The standard InChI is InChI=1S/C22H21NO4/c1-21(2,3)15-10-6-7-11-16(15)23-17(24)12-22(20(23)27)18(25)13-8-4-5-9-14(13)19(22)26/h4-11,18,25H,12H2,1-3H3/t18-,22-/m0/s1. The topological polar surface area (TPSA) is 74.7 Å². The summed E-state index contributed by atoms with van der Waals surface area (Å²) in [5, 5.41) is 10.9. The second-order valence-corrected chi connectivity index (χ2v) is 8.27. The molecule has 2 aromatic rings. The Balaban J connectivity index is 1.85. The van der Waals surface area contributed by atoms with E-state index in [4.69, 9.17) is 0 Å². The van der Waals surface area contributed by atoms with Crippen LogP contribution >= 0.6 is 0 Å². The molecule has 2 aliphatic rings. The van der Waals surface area contributed by atoms with Gasteiger partial charge in [-0.2, -0.15) is 0 Å². The second kappa shape index (κ2) is 5.60. The monoisotopic (exact) mass is 363 g/mol. The number of carbonyl (C=O) groups is 3. The van der Waals surface area contributed by atoms with Crippen molar-refractivity contribution >= 4 is 23.3 Å². The van der Waals surface area contributed by atoms with E-state index >= 15 is 0 Å². The number of rotatable bonds is 1. The summed E-state index contributed by atoms with van der Waals surface area (Å²) in [6.07, 6.45) is -1.64. The number of aliphatic hydroxyl groups is 1. The Bertz CT molecular complexity index is 988. The van der Waals surface area contributed by atoms with E-state index < -0.39 is 29.1 Å². The van der Waals surface area contributed by atoms with Gasteiger partial charge in [0.2, 0.25) is 5.91 Å². The molecule has 2 aromatic carbocycles. The summed E-state index contributed by atoms with van der Waals surface area (Å²) >= 11 is 0. The highest BCUT2D eigenvalue weighted by molar-refractivity contribution is 6.33. The van der Waals surface area contributed by atoms with Gasteiger partial charge < -0.3 is 5.11 Å². The molecule has 2 atom stereocenters. The van der Waals surface area contributed by atoms with E-state index in [2.05, 4.69) is 0 Å². The third kappa shape index (κ3) is 2.24. The van der Waals surface area contributed by atoms with E-state index in [1.54, 1.807) is 36.4 Å². The van der Waals surface area contributed by atoms with Gasteiger partial charge in [-0.1, -0.05) is 63.2 Å². The molecule has 1 spiro atoms. The lowest BCUT2D eigenvalue weighted by Crippen LogP contribution is -2.42. The number of hydrogen-bond acceptors (Lipinski definition) is 4. The Morgan fingerprint density at radius 3 is 2.30 bits per heavy atom. The molecule has 1 aliphatic carbocycles. The summed E-state index contributed by atoms with van der Waals surface area (Å²) in [5.74, 6) is -1.57. The third-order valence-corrected chi connectivity index (χ3v) is 5.59. The minimum atomic E-state index is -1.76. The van der Waals surface area contributed by atoms with E-state index in [0.717, 1.165) is 10.5 Å². The highest BCUT2D eigenvalue weighted by atomic mass is 16.3. The van der Waals surface area contributed by atoms with Crippen LogP contribution in [0, 0.1) is 5.41 Å². The van der Waals surface area contributed by atoms with Gasteiger partial charge in [-0.05, 0) is 22.6 Å². The van der Waals surface area contributed by atoms with E-state index in [-0.39, 0.29) is 11.8 Å².